The van der Waals surface area contributed by atoms with Crippen molar-refractivity contribution in [3.8, 4) is 0 Å². The van der Waals surface area contributed by atoms with Gasteiger partial charge in [0.2, 0.25) is 5.89 Å². The van der Waals surface area contributed by atoms with Crippen molar-refractivity contribution in [3.05, 3.63) is 36.1 Å². The van der Waals surface area contributed by atoms with E-state index in [0.717, 1.165) is 36.2 Å². The number of hydrogen-bond acceptors (Lipinski definition) is 6. The van der Waals surface area contributed by atoms with E-state index < -0.39 is 0 Å². The molecule has 0 N–H and O–H groups in total. The molecule has 1 atom stereocenters. The zero-order chi connectivity index (χ0) is 16.8. The molecule has 3 rings (SSSR count). The van der Waals surface area contributed by atoms with Crippen LogP contribution in [-0.4, -0.2) is 39.7 Å². The molecule has 0 spiro atoms. The summed E-state index contributed by atoms with van der Waals surface area (Å²) < 4.78 is 5.43. The second-order valence-corrected chi connectivity index (χ2v) is 7.97. The number of aromatic nitrogens is 3. The summed E-state index contributed by atoms with van der Waals surface area (Å²) in [7, 11) is 0. The van der Waals surface area contributed by atoms with Crippen LogP contribution in [0.5, 0.6) is 0 Å². The molecule has 2 aromatic heterocycles. The van der Waals surface area contributed by atoms with Crippen LogP contribution in [0.3, 0.4) is 0 Å². The molecule has 1 saturated heterocycles. The van der Waals surface area contributed by atoms with Crippen molar-refractivity contribution in [1.29, 1.82) is 0 Å². The van der Waals surface area contributed by atoms with Gasteiger partial charge in [-0.15, -0.1) is 0 Å². The first kappa shape index (κ1) is 17.4. The average molecular weight is 347 g/mol. The van der Waals surface area contributed by atoms with Crippen LogP contribution in [0.2, 0.25) is 0 Å². The summed E-state index contributed by atoms with van der Waals surface area (Å²) in [5, 5.41) is 5.23. The zero-order valence-electron chi connectivity index (χ0n) is 14.5. The lowest BCUT2D eigenvalue weighted by Crippen LogP contribution is -2.33. The third-order valence-electron chi connectivity index (χ3n) is 4.52. The first-order valence-corrected chi connectivity index (χ1v) is 9.71. The third-order valence-corrected chi connectivity index (χ3v) is 5.56. The largest absolute Gasteiger partial charge is 0.338 e. The van der Waals surface area contributed by atoms with E-state index in [1.807, 2.05) is 18.2 Å². The van der Waals surface area contributed by atoms with E-state index in [9.17, 15) is 0 Å². The van der Waals surface area contributed by atoms with Crippen LogP contribution in [0.4, 0.5) is 0 Å². The molecule has 3 heterocycles. The Kier molecular flexibility index (Phi) is 6.26. The van der Waals surface area contributed by atoms with Crippen LogP contribution in [0, 0.1) is 5.92 Å². The highest BCUT2D eigenvalue weighted by molar-refractivity contribution is 7.99. The number of rotatable bonds is 7. The van der Waals surface area contributed by atoms with Gasteiger partial charge in [-0.1, -0.05) is 29.9 Å². The molecular weight excluding hydrogens is 320 g/mol. The molecule has 1 aliphatic rings. The normalized spacial score (nSPS) is 17.9. The molecule has 130 valence electrons. The van der Waals surface area contributed by atoms with Gasteiger partial charge in [0, 0.05) is 12.6 Å². The third kappa shape index (κ3) is 5.05. The quantitative estimate of drug-likeness (QED) is 0.707. The maximum Gasteiger partial charge on any atom is 0.239 e. The fraction of sp³-hybridized carbons (Fsp3) is 0.611. The maximum atomic E-state index is 5.43. The van der Waals surface area contributed by atoms with E-state index >= 15 is 0 Å². The van der Waals surface area contributed by atoms with Gasteiger partial charge in [0.25, 0.3) is 0 Å². The molecule has 1 fully saturated rings. The molecule has 6 heteroatoms. The highest BCUT2D eigenvalue weighted by Crippen LogP contribution is 2.32. The molecule has 5 nitrogen and oxygen atoms in total. The maximum absolute atomic E-state index is 5.43. The minimum absolute atomic E-state index is 0.115. The van der Waals surface area contributed by atoms with Crippen molar-refractivity contribution in [2.45, 2.75) is 49.8 Å². The lowest BCUT2D eigenvalue weighted by molar-refractivity contribution is 0.190. The molecule has 0 aromatic carbocycles. The average Bonchev–Trinajstić information content (AvgIpc) is 3.07. The van der Waals surface area contributed by atoms with Crippen molar-refractivity contribution < 1.29 is 4.52 Å². The fourth-order valence-corrected chi connectivity index (χ4v) is 3.77. The van der Waals surface area contributed by atoms with E-state index in [1.54, 1.807) is 18.0 Å². The van der Waals surface area contributed by atoms with Crippen LogP contribution >= 0.6 is 11.8 Å². The van der Waals surface area contributed by atoms with Crippen molar-refractivity contribution in [1.82, 2.24) is 20.0 Å². The Bertz CT molecular complexity index is 610. The Morgan fingerprint density at radius 3 is 2.92 bits per heavy atom. The Morgan fingerprint density at radius 1 is 1.33 bits per heavy atom. The summed E-state index contributed by atoms with van der Waals surface area (Å²) in [5.74, 6) is 2.40. The lowest BCUT2D eigenvalue weighted by Gasteiger charge is -2.29. The smallest absolute Gasteiger partial charge is 0.239 e. The standard InChI is InChI=1S/C18H26N4OS/c1-14-8-12-22(13-9-14)11-5-6-16-20-18(23-21-16)15(2)24-17-7-3-4-10-19-17/h3-4,7,10,14-15H,5-6,8-9,11-13H2,1-2H3. The van der Waals surface area contributed by atoms with Gasteiger partial charge in [-0.2, -0.15) is 4.98 Å². The predicted molar refractivity (Wildman–Crippen MR) is 96.0 cm³/mol. The minimum atomic E-state index is 0.115. The molecule has 0 radical (unpaired) electrons. The van der Waals surface area contributed by atoms with E-state index in [1.165, 1.54) is 25.9 Å². The van der Waals surface area contributed by atoms with E-state index in [-0.39, 0.29) is 5.25 Å². The zero-order valence-corrected chi connectivity index (χ0v) is 15.3. The number of nitrogens with zero attached hydrogens (tertiary/aromatic N) is 4. The number of hydrogen-bond donors (Lipinski definition) is 0. The molecule has 1 aliphatic heterocycles. The number of thioether (sulfide) groups is 1. The van der Waals surface area contributed by atoms with Crippen LogP contribution in [0.25, 0.3) is 0 Å². The second kappa shape index (κ2) is 8.62. The molecule has 0 saturated carbocycles. The predicted octanol–water partition coefficient (Wildman–Crippen LogP) is 3.98. The van der Waals surface area contributed by atoms with Gasteiger partial charge >= 0.3 is 0 Å². The van der Waals surface area contributed by atoms with Gasteiger partial charge < -0.3 is 9.42 Å². The fourth-order valence-electron chi connectivity index (χ4n) is 2.93. The van der Waals surface area contributed by atoms with E-state index in [0.29, 0.717) is 5.89 Å². The topological polar surface area (TPSA) is 55.1 Å². The summed E-state index contributed by atoms with van der Waals surface area (Å²) >= 11 is 1.64. The number of piperidine rings is 1. The van der Waals surface area contributed by atoms with Crippen molar-refractivity contribution in [2.24, 2.45) is 5.92 Å². The Balaban J connectivity index is 1.43. The highest BCUT2D eigenvalue weighted by atomic mass is 32.2. The minimum Gasteiger partial charge on any atom is -0.338 e. The molecule has 2 aromatic rings. The molecule has 24 heavy (non-hydrogen) atoms. The molecule has 1 unspecified atom stereocenters. The first-order valence-electron chi connectivity index (χ1n) is 8.83. The molecule has 0 amide bonds. The van der Waals surface area contributed by atoms with Gasteiger partial charge in [-0.05, 0) is 63.9 Å². The van der Waals surface area contributed by atoms with Crippen LogP contribution in [-0.2, 0) is 6.42 Å². The van der Waals surface area contributed by atoms with Crippen LogP contribution in [0.15, 0.2) is 33.9 Å². The van der Waals surface area contributed by atoms with Gasteiger partial charge in [0.1, 0.15) is 0 Å². The van der Waals surface area contributed by atoms with E-state index in [2.05, 4.69) is 33.9 Å². The van der Waals surface area contributed by atoms with Gasteiger partial charge in [0.15, 0.2) is 5.82 Å². The number of likely N-dealkylation sites (tertiary alicyclic amines) is 1. The number of aryl methyl sites for hydroxylation is 1. The summed E-state index contributed by atoms with van der Waals surface area (Å²) in [6.07, 6.45) is 6.44. The SMILES string of the molecule is CC1CCN(CCCc2noc(C(C)Sc3ccccn3)n2)CC1. The molecule has 0 aliphatic carbocycles. The van der Waals surface area contributed by atoms with Gasteiger partial charge in [0.05, 0.1) is 10.3 Å². The number of pyridine rings is 1. The monoisotopic (exact) mass is 346 g/mol. The second-order valence-electron chi connectivity index (χ2n) is 6.60. The summed E-state index contributed by atoms with van der Waals surface area (Å²) in [5.41, 5.74) is 0. The van der Waals surface area contributed by atoms with E-state index in [4.69, 9.17) is 4.52 Å². The Labute approximate surface area is 148 Å². The first-order chi connectivity index (χ1) is 11.7. The van der Waals surface area contributed by atoms with Crippen LogP contribution in [0.1, 0.15) is 50.1 Å². The summed E-state index contributed by atoms with van der Waals surface area (Å²) in [6, 6.07) is 5.91. The van der Waals surface area contributed by atoms with Gasteiger partial charge in [-0.25, -0.2) is 4.98 Å². The van der Waals surface area contributed by atoms with Crippen LogP contribution < -0.4 is 0 Å². The summed E-state index contributed by atoms with van der Waals surface area (Å²) in [6.45, 7) is 8.02. The molecular formula is C18H26N4OS. The van der Waals surface area contributed by atoms with Crippen molar-refractivity contribution in [3.63, 3.8) is 0 Å². The summed E-state index contributed by atoms with van der Waals surface area (Å²) in [4.78, 5) is 11.4. The van der Waals surface area contributed by atoms with Crippen molar-refractivity contribution in [2.75, 3.05) is 19.6 Å². The van der Waals surface area contributed by atoms with Crippen molar-refractivity contribution >= 4 is 11.8 Å². The lowest BCUT2D eigenvalue weighted by atomic mass is 9.99. The Hall–Kier alpha value is -1.40. The molecule has 0 bridgehead atoms. The highest BCUT2D eigenvalue weighted by Gasteiger charge is 2.17. The van der Waals surface area contributed by atoms with Gasteiger partial charge in [-0.3, -0.25) is 0 Å². The Morgan fingerprint density at radius 2 is 2.17 bits per heavy atom.